The lowest BCUT2D eigenvalue weighted by Gasteiger charge is -2.39. The van der Waals surface area contributed by atoms with Crippen molar-refractivity contribution in [1.82, 2.24) is 5.32 Å². The Labute approximate surface area is 111 Å². The maximum Gasteiger partial charge on any atom is 0.0208 e. The molecular formula is C17H25N. The Hall–Kier alpha value is -0.820. The highest BCUT2D eigenvalue weighted by Crippen LogP contribution is 2.40. The Balaban J connectivity index is 1.49. The van der Waals surface area contributed by atoms with E-state index in [2.05, 4.69) is 35.6 Å². The number of fused-ring (bicyclic) bond motifs is 1. The van der Waals surface area contributed by atoms with E-state index in [1.165, 1.54) is 50.5 Å². The largest absolute Gasteiger partial charge is 0.310 e. The van der Waals surface area contributed by atoms with Crippen LogP contribution in [0.25, 0.3) is 0 Å². The fourth-order valence-corrected chi connectivity index (χ4v) is 3.92. The summed E-state index contributed by atoms with van der Waals surface area (Å²) in [6.45, 7) is 1.04. The Morgan fingerprint density at radius 3 is 2.50 bits per heavy atom. The molecule has 3 unspecified atom stereocenters. The molecule has 2 fully saturated rings. The van der Waals surface area contributed by atoms with Crippen LogP contribution in [0.4, 0.5) is 0 Å². The van der Waals surface area contributed by atoms with E-state index in [1.807, 2.05) is 0 Å². The molecule has 1 aromatic rings. The minimum atomic E-state index is 0.768. The Morgan fingerprint density at radius 1 is 0.889 bits per heavy atom. The van der Waals surface area contributed by atoms with Gasteiger partial charge in [0.25, 0.3) is 0 Å². The first kappa shape index (κ1) is 12.2. The fourth-order valence-electron chi connectivity index (χ4n) is 3.92. The molecule has 0 radical (unpaired) electrons. The summed E-state index contributed by atoms with van der Waals surface area (Å²) in [7, 11) is 0. The zero-order chi connectivity index (χ0) is 12.2. The fraction of sp³-hybridized carbons (Fsp3) is 0.647. The molecule has 0 aromatic heterocycles. The number of nitrogens with one attached hydrogen (secondary N) is 1. The van der Waals surface area contributed by atoms with Crippen LogP contribution in [0.3, 0.4) is 0 Å². The monoisotopic (exact) mass is 243 g/mol. The molecule has 0 heterocycles. The van der Waals surface area contributed by atoms with Crippen molar-refractivity contribution in [3.8, 4) is 0 Å². The van der Waals surface area contributed by atoms with Gasteiger partial charge in [0, 0.05) is 12.6 Å². The predicted octanol–water partition coefficient (Wildman–Crippen LogP) is 4.14. The number of hydrogen-bond donors (Lipinski definition) is 1. The van der Waals surface area contributed by atoms with Crippen LogP contribution < -0.4 is 5.32 Å². The molecule has 1 aromatic carbocycles. The number of rotatable bonds is 3. The van der Waals surface area contributed by atoms with Crippen molar-refractivity contribution in [1.29, 1.82) is 0 Å². The van der Waals surface area contributed by atoms with Gasteiger partial charge in [-0.25, -0.2) is 0 Å². The average molecular weight is 243 g/mol. The molecule has 0 bridgehead atoms. The van der Waals surface area contributed by atoms with Gasteiger partial charge < -0.3 is 5.32 Å². The third kappa shape index (κ3) is 2.95. The number of hydrogen-bond acceptors (Lipinski definition) is 1. The van der Waals surface area contributed by atoms with Crippen LogP contribution in [-0.2, 0) is 6.54 Å². The highest BCUT2D eigenvalue weighted by Gasteiger charge is 2.31. The summed E-state index contributed by atoms with van der Waals surface area (Å²) in [5.74, 6) is 2.09. The lowest BCUT2D eigenvalue weighted by atomic mass is 9.69. The molecule has 0 amide bonds. The summed E-state index contributed by atoms with van der Waals surface area (Å²) in [6, 6.07) is 11.6. The summed E-state index contributed by atoms with van der Waals surface area (Å²) in [5.41, 5.74) is 1.42. The lowest BCUT2D eigenvalue weighted by molar-refractivity contribution is 0.143. The van der Waals surface area contributed by atoms with Crippen molar-refractivity contribution in [2.24, 2.45) is 11.8 Å². The molecule has 0 spiro atoms. The third-order valence-electron chi connectivity index (χ3n) is 4.98. The molecule has 3 rings (SSSR count). The maximum atomic E-state index is 3.77. The molecule has 1 heteroatoms. The molecule has 1 N–H and O–H groups in total. The molecule has 2 aliphatic carbocycles. The van der Waals surface area contributed by atoms with Crippen molar-refractivity contribution in [2.45, 2.75) is 57.5 Å². The standard InChI is InChI=1S/C17H25N/c1-2-6-14(7-3-1)13-18-17-11-10-15-8-4-5-9-16(15)12-17/h1-3,6-7,15-18H,4-5,8-13H2. The molecular weight excluding hydrogens is 218 g/mol. The summed E-state index contributed by atoms with van der Waals surface area (Å²) in [4.78, 5) is 0. The van der Waals surface area contributed by atoms with Gasteiger partial charge in [-0.05, 0) is 36.7 Å². The maximum absolute atomic E-state index is 3.77. The zero-order valence-corrected chi connectivity index (χ0v) is 11.3. The van der Waals surface area contributed by atoms with E-state index in [0.29, 0.717) is 0 Å². The summed E-state index contributed by atoms with van der Waals surface area (Å²) in [6.07, 6.45) is 10.3. The van der Waals surface area contributed by atoms with E-state index in [9.17, 15) is 0 Å². The quantitative estimate of drug-likeness (QED) is 0.841. The normalized spacial score (nSPS) is 31.9. The minimum absolute atomic E-state index is 0.768. The lowest BCUT2D eigenvalue weighted by Crippen LogP contribution is -2.38. The molecule has 2 aliphatic rings. The van der Waals surface area contributed by atoms with Crippen molar-refractivity contribution < 1.29 is 0 Å². The van der Waals surface area contributed by atoms with Crippen molar-refractivity contribution >= 4 is 0 Å². The average Bonchev–Trinajstić information content (AvgIpc) is 2.46. The smallest absolute Gasteiger partial charge is 0.0208 e. The second-order valence-electron chi connectivity index (χ2n) is 6.18. The van der Waals surface area contributed by atoms with Gasteiger partial charge in [0.2, 0.25) is 0 Å². The molecule has 98 valence electrons. The first-order valence-electron chi connectivity index (χ1n) is 7.69. The minimum Gasteiger partial charge on any atom is -0.310 e. The van der Waals surface area contributed by atoms with Crippen LogP contribution in [0, 0.1) is 11.8 Å². The van der Waals surface area contributed by atoms with Gasteiger partial charge in [0.1, 0.15) is 0 Å². The van der Waals surface area contributed by atoms with E-state index in [-0.39, 0.29) is 0 Å². The Morgan fingerprint density at radius 2 is 1.67 bits per heavy atom. The van der Waals surface area contributed by atoms with Gasteiger partial charge >= 0.3 is 0 Å². The van der Waals surface area contributed by atoms with Gasteiger partial charge in [0.05, 0.1) is 0 Å². The van der Waals surface area contributed by atoms with Crippen LogP contribution >= 0.6 is 0 Å². The van der Waals surface area contributed by atoms with E-state index in [4.69, 9.17) is 0 Å². The van der Waals surface area contributed by atoms with Gasteiger partial charge in [-0.2, -0.15) is 0 Å². The summed E-state index contributed by atoms with van der Waals surface area (Å²) in [5, 5.41) is 3.77. The number of benzene rings is 1. The zero-order valence-electron chi connectivity index (χ0n) is 11.3. The summed E-state index contributed by atoms with van der Waals surface area (Å²) >= 11 is 0. The molecule has 18 heavy (non-hydrogen) atoms. The van der Waals surface area contributed by atoms with E-state index in [0.717, 1.165) is 24.4 Å². The topological polar surface area (TPSA) is 12.0 Å². The van der Waals surface area contributed by atoms with Crippen molar-refractivity contribution in [3.63, 3.8) is 0 Å². The second-order valence-corrected chi connectivity index (χ2v) is 6.18. The summed E-state index contributed by atoms with van der Waals surface area (Å²) < 4.78 is 0. The van der Waals surface area contributed by atoms with Crippen molar-refractivity contribution in [3.05, 3.63) is 35.9 Å². The second kappa shape index (κ2) is 5.88. The van der Waals surface area contributed by atoms with Crippen LogP contribution in [-0.4, -0.2) is 6.04 Å². The Bertz CT molecular complexity index is 359. The van der Waals surface area contributed by atoms with Gasteiger partial charge in [-0.3, -0.25) is 0 Å². The third-order valence-corrected chi connectivity index (χ3v) is 4.98. The SMILES string of the molecule is c1ccc(CNC2CCC3CCCCC3C2)cc1. The molecule has 0 aliphatic heterocycles. The Kier molecular flexibility index (Phi) is 3.99. The molecule has 2 saturated carbocycles. The van der Waals surface area contributed by atoms with Gasteiger partial charge in [-0.1, -0.05) is 56.0 Å². The predicted molar refractivity (Wildman–Crippen MR) is 76.4 cm³/mol. The van der Waals surface area contributed by atoms with Crippen LogP contribution in [0.1, 0.15) is 50.5 Å². The first-order chi connectivity index (χ1) is 8.92. The van der Waals surface area contributed by atoms with Crippen LogP contribution in [0.15, 0.2) is 30.3 Å². The van der Waals surface area contributed by atoms with E-state index in [1.54, 1.807) is 0 Å². The van der Waals surface area contributed by atoms with Gasteiger partial charge in [0.15, 0.2) is 0 Å². The van der Waals surface area contributed by atoms with Crippen LogP contribution in [0.5, 0.6) is 0 Å². The highest BCUT2D eigenvalue weighted by molar-refractivity contribution is 5.14. The van der Waals surface area contributed by atoms with Gasteiger partial charge in [-0.15, -0.1) is 0 Å². The van der Waals surface area contributed by atoms with Crippen LogP contribution in [0.2, 0.25) is 0 Å². The molecule has 3 atom stereocenters. The highest BCUT2D eigenvalue weighted by atomic mass is 14.9. The molecule has 1 nitrogen and oxygen atoms in total. The molecule has 0 saturated heterocycles. The van der Waals surface area contributed by atoms with E-state index >= 15 is 0 Å². The van der Waals surface area contributed by atoms with Crippen molar-refractivity contribution in [2.75, 3.05) is 0 Å². The first-order valence-corrected chi connectivity index (χ1v) is 7.69. The van der Waals surface area contributed by atoms with E-state index < -0.39 is 0 Å².